The lowest BCUT2D eigenvalue weighted by Gasteiger charge is -2.06. The Morgan fingerprint density at radius 3 is 2.85 bits per heavy atom. The monoisotopic (exact) mass is 358 g/mol. The molecule has 6 nitrogen and oxygen atoms in total. The zero-order chi connectivity index (χ0) is 14.9. The van der Waals surface area contributed by atoms with E-state index in [9.17, 15) is 10.1 Å². The van der Waals surface area contributed by atoms with Gasteiger partial charge in [0.05, 0.1) is 22.2 Å². The summed E-state index contributed by atoms with van der Waals surface area (Å²) < 4.78 is 2.19. The van der Waals surface area contributed by atoms with Crippen molar-refractivity contribution in [2.75, 3.05) is 0 Å². The third-order valence-electron chi connectivity index (χ3n) is 2.90. The normalized spacial score (nSPS) is 12.4. The predicted octanol–water partition coefficient (Wildman–Crippen LogP) is 3.94. The maximum Gasteiger partial charge on any atom is 0.274 e. The van der Waals surface area contributed by atoms with Gasteiger partial charge in [-0.1, -0.05) is 12.1 Å². The number of nitro benzene ring substituents is 1. The van der Waals surface area contributed by atoms with Gasteiger partial charge in [-0.25, -0.2) is 4.68 Å². The van der Waals surface area contributed by atoms with E-state index in [1.807, 2.05) is 6.92 Å². The molecule has 2 rings (SSSR count). The van der Waals surface area contributed by atoms with Gasteiger partial charge >= 0.3 is 0 Å². The second kappa shape index (κ2) is 5.88. The molecule has 0 aliphatic carbocycles. The lowest BCUT2D eigenvalue weighted by Crippen LogP contribution is -2.00. The summed E-state index contributed by atoms with van der Waals surface area (Å²) in [6, 6.07) is 3.15. The molecule has 0 aliphatic heterocycles. The molecular weight excluding hydrogens is 348 g/mol. The van der Waals surface area contributed by atoms with Gasteiger partial charge in [-0.3, -0.25) is 10.1 Å². The van der Waals surface area contributed by atoms with Crippen molar-refractivity contribution < 1.29 is 4.92 Å². The Morgan fingerprint density at radius 1 is 1.55 bits per heavy atom. The second-order valence-corrected chi connectivity index (χ2v) is 5.69. The molecular formula is C12H12BrClN4O2. The molecule has 0 amide bonds. The van der Waals surface area contributed by atoms with Gasteiger partial charge in [0.1, 0.15) is 5.69 Å². The minimum Gasteiger partial charge on any atom is -0.258 e. The molecule has 106 valence electrons. The number of nitrogens with zero attached hydrogens (tertiary/aromatic N) is 4. The Labute approximate surface area is 129 Å². The van der Waals surface area contributed by atoms with E-state index in [0.717, 1.165) is 6.42 Å². The minimum atomic E-state index is -0.417. The van der Waals surface area contributed by atoms with Gasteiger partial charge in [0.25, 0.3) is 5.69 Å². The number of aryl methyl sites for hydroxylation is 1. The van der Waals surface area contributed by atoms with Crippen LogP contribution in [0.4, 0.5) is 5.69 Å². The second-order valence-electron chi connectivity index (χ2n) is 4.31. The first kappa shape index (κ1) is 14.9. The number of alkyl halides is 1. The van der Waals surface area contributed by atoms with Crippen LogP contribution in [0.1, 0.15) is 30.0 Å². The van der Waals surface area contributed by atoms with Crippen molar-refractivity contribution in [1.82, 2.24) is 15.0 Å². The summed E-state index contributed by atoms with van der Waals surface area (Å²) in [4.78, 5) is 10.6. The maximum absolute atomic E-state index is 11.0. The molecule has 8 heteroatoms. The maximum atomic E-state index is 11.0. The van der Waals surface area contributed by atoms with Crippen LogP contribution in [-0.4, -0.2) is 19.9 Å². The van der Waals surface area contributed by atoms with Crippen molar-refractivity contribution in [2.45, 2.75) is 25.6 Å². The Balaban J connectivity index is 2.49. The fourth-order valence-electron chi connectivity index (χ4n) is 1.77. The van der Waals surface area contributed by atoms with Gasteiger partial charge in [0, 0.05) is 16.1 Å². The van der Waals surface area contributed by atoms with E-state index < -0.39 is 4.92 Å². The molecule has 0 radical (unpaired) electrons. The molecule has 0 saturated carbocycles. The molecule has 0 saturated heterocycles. The van der Waals surface area contributed by atoms with Gasteiger partial charge in [0.2, 0.25) is 0 Å². The fourth-order valence-corrected chi connectivity index (χ4v) is 2.51. The van der Waals surface area contributed by atoms with Crippen molar-refractivity contribution in [3.63, 3.8) is 0 Å². The van der Waals surface area contributed by atoms with E-state index in [2.05, 4.69) is 26.2 Å². The summed E-state index contributed by atoms with van der Waals surface area (Å²) in [5.41, 5.74) is 1.82. The molecule has 20 heavy (non-hydrogen) atoms. The molecule has 0 N–H and O–H groups in total. The highest BCUT2D eigenvalue weighted by molar-refractivity contribution is 9.10. The highest BCUT2D eigenvalue weighted by Crippen LogP contribution is 2.30. The fraction of sp³-hybridized carbons (Fsp3) is 0.333. The van der Waals surface area contributed by atoms with E-state index in [0.29, 0.717) is 21.4 Å². The summed E-state index contributed by atoms with van der Waals surface area (Å²) in [6.07, 6.45) is 2.41. The predicted molar refractivity (Wildman–Crippen MR) is 79.3 cm³/mol. The third-order valence-corrected chi connectivity index (χ3v) is 4.07. The molecule has 1 heterocycles. The Morgan fingerprint density at radius 2 is 2.25 bits per heavy atom. The van der Waals surface area contributed by atoms with Gasteiger partial charge in [-0.2, -0.15) is 0 Å². The molecule has 0 fully saturated rings. The summed E-state index contributed by atoms with van der Waals surface area (Å²) in [6.45, 7) is 3.63. The summed E-state index contributed by atoms with van der Waals surface area (Å²) in [7, 11) is 0. The highest BCUT2D eigenvalue weighted by atomic mass is 79.9. The summed E-state index contributed by atoms with van der Waals surface area (Å²) in [5.74, 6) is 0. The first-order chi connectivity index (χ1) is 9.43. The third kappa shape index (κ3) is 2.83. The van der Waals surface area contributed by atoms with Crippen molar-refractivity contribution in [3.05, 3.63) is 44.2 Å². The van der Waals surface area contributed by atoms with E-state index in [-0.39, 0.29) is 11.1 Å². The largest absolute Gasteiger partial charge is 0.274 e. The lowest BCUT2D eigenvalue weighted by atomic mass is 10.2. The first-order valence-corrected chi connectivity index (χ1v) is 7.18. The average molecular weight is 360 g/mol. The van der Waals surface area contributed by atoms with Crippen molar-refractivity contribution in [3.8, 4) is 5.69 Å². The van der Waals surface area contributed by atoms with E-state index in [4.69, 9.17) is 11.6 Å². The van der Waals surface area contributed by atoms with Crippen molar-refractivity contribution in [2.24, 2.45) is 0 Å². The molecule has 1 aromatic heterocycles. The molecule has 0 spiro atoms. The zero-order valence-electron chi connectivity index (χ0n) is 10.9. The lowest BCUT2D eigenvalue weighted by molar-refractivity contribution is -0.385. The Kier molecular flexibility index (Phi) is 4.39. The number of benzene rings is 1. The Hall–Kier alpha value is -1.47. The first-order valence-electron chi connectivity index (χ1n) is 5.95. The van der Waals surface area contributed by atoms with Crippen molar-refractivity contribution >= 4 is 33.2 Å². The van der Waals surface area contributed by atoms with E-state index in [1.165, 1.54) is 10.7 Å². The van der Waals surface area contributed by atoms with Gasteiger partial charge in [-0.15, -0.1) is 16.7 Å². The highest BCUT2D eigenvalue weighted by Gasteiger charge is 2.17. The van der Waals surface area contributed by atoms with Crippen molar-refractivity contribution in [1.29, 1.82) is 0 Å². The number of nitro groups is 1. The van der Waals surface area contributed by atoms with Crippen LogP contribution in [0, 0.1) is 17.0 Å². The van der Waals surface area contributed by atoms with Crippen LogP contribution < -0.4 is 0 Å². The topological polar surface area (TPSA) is 73.8 Å². The van der Waals surface area contributed by atoms with Crippen LogP contribution in [-0.2, 0) is 0 Å². The number of aromatic nitrogens is 3. The van der Waals surface area contributed by atoms with Crippen LogP contribution in [0.2, 0.25) is 0 Å². The quantitative estimate of drug-likeness (QED) is 0.471. The number of rotatable bonds is 4. The molecule has 1 atom stereocenters. The molecule has 2 aromatic rings. The molecule has 0 bridgehead atoms. The van der Waals surface area contributed by atoms with Crippen LogP contribution in [0.25, 0.3) is 5.69 Å². The van der Waals surface area contributed by atoms with Crippen LogP contribution >= 0.6 is 27.5 Å². The molecule has 1 aromatic carbocycles. The minimum absolute atomic E-state index is 0.0400. The molecule has 1 unspecified atom stereocenters. The SMILES string of the molecule is CCC(Cl)c1cn(-c2cc([N+](=O)[O-])c(C)cc2Br)nn1. The van der Waals surface area contributed by atoms with E-state index in [1.54, 1.807) is 19.2 Å². The zero-order valence-corrected chi connectivity index (χ0v) is 13.2. The van der Waals surface area contributed by atoms with Gasteiger partial charge in [-0.05, 0) is 35.3 Å². The smallest absolute Gasteiger partial charge is 0.258 e. The number of halogens is 2. The van der Waals surface area contributed by atoms with Gasteiger partial charge < -0.3 is 0 Å². The summed E-state index contributed by atoms with van der Waals surface area (Å²) >= 11 is 9.49. The van der Waals surface area contributed by atoms with E-state index >= 15 is 0 Å². The van der Waals surface area contributed by atoms with Crippen LogP contribution in [0.3, 0.4) is 0 Å². The number of hydrogen-bond donors (Lipinski definition) is 0. The molecule has 0 aliphatic rings. The summed E-state index contributed by atoms with van der Waals surface area (Å²) in [5, 5.41) is 18.7. The van der Waals surface area contributed by atoms with Crippen LogP contribution in [0.5, 0.6) is 0 Å². The number of hydrogen-bond acceptors (Lipinski definition) is 4. The Bertz CT molecular complexity index is 659. The standard InChI is InChI=1S/C12H12BrClN4O2/c1-3-9(14)10-6-17(16-15-10)12-5-11(18(19)20)7(2)4-8(12)13/h4-6,9H,3H2,1-2H3. The van der Waals surface area contributed by atoms with Crippen LogP contribution in [0.15, 0.2) is 22.8 Å². The average Bonchev–Trinajstić information content (AvgIpc) is 2.86. The van der Waals surface area contributed by atoms with Gasteiger partial charge in [0.15, 0.2) is 0 Å².